The topological polar surface area (TPSA) is 34.6 Å². The SMILES string of the molecule is Cc1ccccc1Oc1ccc(N2CCC(Oc3ncccc3Cl)C2)c(C)c1. The van der Waals surface area contributed by atoms with Crippen LogP contribution in [0.15, 0.2) is 60.8 Å². The van der Waals surface area contributed by atoms with Crippen molar-refractivity contribution in [2.75, 3.05) is 18.0 Å². The fraction of sp³-hybridized carbons (Fsp3) is 0.261. The summed E-state index contributed by atoms with van der Waals surface area (Å²) in [5.74, 6) is 2.24. The summed E-state index contributed by atoms with van der Waals surface area (Å²) in [6.07, 6.45) is 2.72. The molecule has 1 aliphatic heterocycles. The van der Waals surface area contributed by atoms with Gasteiger partial charge in [-0.2, -0.15) is 0 Å². The molecule has 0 spiro atoms. The van der Waals surface area contributed by atoms with E-state index in [1.165, 1.54) is 11.3 Å². The van der Waals surface area contributed by atoms with E-state index in [0.29, 0.717) is 10.9 Å². The van der Waals surface area contributed by atoms with Crippen LogP contribution in [0.25, 0.3) is 0 Å². The van der Waals surface area contributed by atoms with Crippen molar-refractivity contribution in [3.05, 3.63) is 76.9 Å². The van der Waals surface area contributed by atoms with Crippen LogP contribution < -0.4 is 14.4 Å². The largest absolute Gasteiger partial charge is 0.471 e. The van der Waals surface area contributed by atoms with Gasteiger partial charge in [0.1, 0.15) is 22.6 Å². The average Bonchev–Trinajstić information content (AvgIpc) is 3.14. The van der Waals surface area contributed by atoms with Crippen molar-refractivity contribution >= 4 is 17.3 Å². The van der Waals surface area contributed by atoms with Crippen LogP contribution in [0.3, 0.4) is 0 Å². The van der Waals surface area contributed by atoms with Crippen molar-refractivity contribution in [2.45, 2.75) is 26.4 Å². The highest BCUT2D eigenvalue weighted by atomic mass is 35.5. The van der Waals surface area contributed by atoms with Crippen LogP contribution in [0, 0.1) is 13.8 Å². The first-order chi connectivity index (χ1) is 13.6. The number of hydrogen-bond acceptors (Lipinski definition) is 4. The third-order valence-corrected chi connectivity index (χ3v) is 5.27. The summed E-state index contributed by atoms with van der Waals surface area (Å²) in [6, 6.07) is 17.9. The molecule has 4 nitrogen and oxygen atoms in total. The van der Waals surface area contributed by atoms with Gasteiger partial charge in [-0.25, -0.2) is 4.98 Å². The number of rotatable bonds is 5. The second kappa shape index (κ2) is 8.11. The molecule has 1 aliphatic rings. The summed E-state index contributed by atoms with van der Waals surface area (Å²) in [4.78, 5) is 6.57. The van der Waals surface area contributed by atoms with Crippen LogP contribution in [-0.2, 0) is 0 Å². The molecule has 0 aliphatic carbocycles. The molecule has 4 rings (SSSR count). The molecule has 0 amide bonds. The Labute approximate surface area is 170 Å². The number of para-hydroxylation sites is 1. The number of benzene rings is 2. The first-order valence-corrected chi connectivity index (χ1v) is 9.84. The monoisotopic (exact) mass is 394 g/mol. The molecule has 0 radical (unpaired) electrons. The summed E-state index contributed by atoms with van der Waals surface area (Å²) >= 11 is 6.16. The molecular formula is C23H23ClN2O2. The molecule has 1 aromatic heterocycles. The summed E-state index contributed by atoms with van der Waals surface area (Å²) in [7, 11) is 0. The van der Waals surface area contributed by atoms with Crippen LogP contribution >= 0.6 is 11.6 Å². The van der Waals surface area contributed by atoms with E-state index in [9.17, 15) is 0 Å². The Hall–Kier alpha value is -2.72. The quantitative estimate of drug-likeness (QED) is 0.547. The minimum atomic E-state index is 0.0784. The van der Waals surface area contributed by atoms with Crippen molar-refractivity contribution in [3.8, 4) is 17.4 Å². The predicted molar refractivity (Wildman–Crippen MR) is 113 cm³/mol. The van der Waals surface area contributed by atoms with Crippen LogP contribution in [-0.4, -0.2) is 24.2 Å². The van der Waals surface area contributed by atoms with Gasteiger partial charge in [0.2, 0.25) is 5.88 Å². The second-order valence-electron chi connectivity index (χ2n) is 7.08. The Morgan fingerprint density at radius 2 is 1.89 bits per heavy atom. The number of nitrogens with zero attached hydrogens (tertiary/aromatic N) is 2. The highest BCUT2D eigenvalue weighted by Gasteiger charge is 2.26. The highest BCUT2D eigenvalue weighted by Crippen LogP contribution is 2.32. The summed E-state index contributed by atoms with van der Waals surface area (Å²) in [6.45, 7) is 5.92. The fourth-order valence-electron chi connectivity index (χ4n) is 3.50. The Kier molecular flexibility index (Phi) is 5.40. The second-order valence-corrected chi connectivity index (χ2v) is 7.49. The maximum atomic E-state index is 6.16. The molecule has 2 heterocycles. The zero-order chi connectivity index (χ0) is 19.5. The van der Waals surface area contributed by atoms with Gasteiger partial charge in [-0.1, -0.05) is 29.8 Å². The zero-order valence-electron chi connectivity index (χ0n) is 16.1. The van der Waals surface area contributed by atoms with Crippen molar-refractivity contribution < 1.29 is 9.47 Å². The lowest BCUT2D eigenvalue weighted by Crippen LogP contribution is -2.25. The van der Waals surface area contributed by atoms with Gasteiger partial charge in [0.15, 0.2) is 0 Å². The maximum Gasteiger partial charge on any atom is 0.232 e. The molecule has 28 heavy (non-hydrogen) atoms. The van der Waals surface area contributed by atoms with E-state index in [1.807, 2.05) is 24.3 Å². The van der Waals surface area contributed by atoms with E-state index in [4.69, 9.17) is 21.1 Å². The lowest BCUT2D eigenvalue weighted by atomic mass is 10.1. The molecule has 3 aromatic rings. The third-order valence-electron chi connectivity index (χ3n) is 4.98. The van der Waals surface area contributed by atoms with Gasteiger partial charge in [0.05, 0.1) is 6.54 Å². The number of aryl methyl sites for hydroxylation is 2. The molecule has 2 aromatic carbocycles. The van der Waals surface area contributed by atoms with Gasteiger partial charge in [-0.3, -0.25) is 0 Å². The van der Waals surface area contributed by atoms with Crippen LogP contribution in [0.2, 0.25) is 5.02 Å². The van der Waals surface area contributed by atoms with E-state index >= 15 is 0 Å². The Morgan fingerprint density at radius 1 is 1.04 bits per heavy atom. The van der Waals surface area contributed by atoms with Gasteiger partial charge >= 0.3 is 0 Å². The molecule has 1 atom stereocenters. The number of hydrogen-bond donors (Lipinski definition) is 0. The molecular weight excluding hydrogens is 372 g/mol. The lowest BCUT2D eigenvalue weighted by Gasteiger charge is -2.22. The van der Waals surface area contributed by atoms with Crippen LogP contribution in [0.4, 0.5) is 5.69 Å². The molecule has 1 saturated heterocycles. The van der Waals surface area contributed by atoms with Gasteiger partial charge in [-0.05, 0) is 61.4 Å². The van der Waals surface area contributed by atoms with Gasteiger partial charge in [-0.15, -0.1) is 0 Å². The molecule has 144 valence electrons. The molecule has 1 unspecified atom stereocenters. The number of aromatic nitrogens is 1. The Balaban J connectivity index is 1.44. The minimum absolute atomic E-state index is 0.0784. The third kappa shape index (κ3) is 4.07. The van der Waals surface area contributed by atoms with E-state index in [-0.39, 0.29) is 6.10 Å². The number of ether oxygens (including phenoxy) is 2. The smallest absolute Gasteiger partial charge is 0.232 e. The van der Waals surface area contributed by atoms with E-state index in [0.717, 1.165) is 36.6 Å². The first kappa shape index (κ1) is 18.6. The van der Waals surface area contributed by atoms with Gasteiger partial charge in [0, 0.05) is 24.8 Å². The first-order valence-electron chi connectivity index (χ1n) is 9.46. The van der Waals surface area contributed by atoms with Gasteiger partial charge in [0.25, 0.3) is 0 Å². The van der Waals surface area contributed by atoms with Crippen molar-refractivity contribution in [1.29, 1.82) is 0 Å². The summed E-state index contributed by atoms with van der Waals surface area (Å²) in [5.41, 5.74) is 3.51. The summed E-state index contributed by atoms with van der Waals surface area (Å²) in [5, 5.41) is 0.551. The van der Waals surface area contributed by atoms with Crippen LogP contribution in [0.1, 0.15) is 17.5 Å². The Morgan fingerprint density at radius 3 is 2.68 bits per heavy atom. The maximum absolute atomic E-state index is 6.16. The number of pyridine rings is 1. The average molecular weight is 395 g/mol. The molecule has 0 saturated carbocycles. The highest BCUT2D eigenvalue weighted by molar-refractivity contribution is 6.31. The lowest BCUT2D eigenvalue weighted by molar-refractivity contribution is 0.216. The molecule has 5 heteroatoms. The van der Waals surface area contributed by atoms with Crippen molar-refractivity contribution in [1.82, 2.24) is 4.98 Å². The van der Waals surface area contributed by atoms with E-state index < -0.39 is 0 Å². The van der Waals surface area contributed by atoms with Crippen molar-refractivity contribution in [2.24, 2.45) is 0 Å². The van der Waals surface area contributed by atoms with E-state index in [2.05, 4.69) is 41.9 Å². The molecule has 0 bridgehead atoms. The standard InChI is InChI=1S/C23H23ClN2O2/c1-16-6-3-4-8-22(16)27-18-9-10-21(17(2)14-18)26-13-11-19(15-26)28-23-20(24)7-5-12-25-23/h3-10,12,14,19H,11,13,15H2,1-2H3. The minimum Gasteiger partial charge on any atom is -0.471 e. The predicted octanol–water partition coefficient (Wildman–Crippen LogP) is 5.80. The fourth-order valence-corrected chi connectivity index (χ4v) is 3.67. The molecule has 0 N–H and O–H groups in total. The number of halogens is 1. The number of anilines is 1. The van der Waals surface area contributed by atoms with E-state index in [1.54, 1.807) is 18.3 Å². The van der Waals surface area contributed by atoms with Gasteiger partial charge < -0.3 is 14.4 Å². The van der Waals surface area contributed by atoms with Crippen molar-refractivity contribution in [3.63, 3.8) is 0 Å². The van der Waals surface area contributed by atoms with Crippen LogP contribution in [0.5, 0.6) is 17.4 Å². The molecule has 1 fully saturated rings. The summed E-state index contributed by atoms with van der Waals surface area (Å²) < 4.78 is 12.1. The normalized spacial score (nSPS) is 16.2. The Bertz CT molecular complexity index is 976. The zero-order valence-corrected chi connectivity index (χ0v) is 16.8.